The van der Waals surface area contributed by atoms with Crippen molar-refractivity contribution < 1.29 is 0 Å². The molecule has 15 heavy (non-hydrogen) atoms. The Morgan fingerprint density at radius 3 is 2.53 bits per heavy atom. The normalized spacial score (nSPS) is 11.3. The first-order chi connectivity index (χ1) is 7.22. The third kappa shape index (κ3) is 4.91. The molecule has 1 aromatic rings. The van der Waals surface area contributed by atoms with E-state index in [0.717, 1.165) is 26.2 Å². The standard InChI is InChI=1S/C12H21N3/c1-11(2)9-15(8-5-13)10-12-3-6-14-7-4-12/h3-4,6-7,11H,5,8-10,13H2,1-2H3. The van der Waals surface area contributed by atoms with Crippen molar-refractivity contribution in [3.63, 3.8) is 0 Å². The minimum atomic E-state index is 0.679. The second-order valence-corrected chi connectivity index (χ2v) is 4.27. The maximum atomic E-state index is 5.60. The molecule has 0 aliphatic heterocycles. The van der Waals surface area contributed by atoms with E-state index in [2.05, 4.69) is 35.9 Å². The number of hydrogen-bond donors (Lipinski definition) is 1. The van der Waals surface area contributed by atoms with Crippen molar-refractivity contribution in [3.05, 3.63) is 30.1 Å². The molecular weight excluding hydrogens is 186 g/mol. The summed E-state index contributed by atoms with van der Waals surface area (Å²) in [6.07, 6.45) is 3.68. The van der Waals surface area contributed by atoms with Crippen LogP contribution in [0, 0.1) is 5.92 Å². The Hall–Kier alpha value is -0.930. The molecule has 0 fully saturated rings. The maximum Gasteiger partial charge on any atom is 0.0271 e. The van der Waals surface area contributed by atoms with Crippen molar-refractivity contribution in [2.75, 3.05) is 19.6 Å². The Labute approximate surface area is 92.3 Å². The van der Waals surface area contributed by atoms with Crippen molar-refractivity contribution in [2.45, 2.75) is 20.4 Å². The average molecular weight is 207 g/mol. The highest BCUT2D eigenvalue weighted by molar-refractivity contribution is 5.09. The van der Waals surface area contributed by atoms with Crippen LogP contribution in [0.25, 0.3) is 0 Å². The summed E-state index contributed by atoms with van der Waals surface area (Å²) in [5, 5.41) is 0. The summed E-state index contributed by atoms with van der Waals surface area (Å²) in [7, 11) is 0. The number of rotatable bonds is 6. The third-order valence-electron chi connectivity index (χ3n) is 2.22. The quantitative estimate of drug-likeness (QED) is 0.768. The monoisotopic (exact) mass is 207 g/mol. The number of aromatic nitrogens is 1. The van der Waals surface area contributed by atoms with Crippen molar-refractivity contribution in [1.29, 1.82) is 0 Å². The fourth-order valence-corrected chi connectivity index (χ4v) is 1.68. The molecule has 0 aromatic carbocycles. The Balaban J connectivity index is 2.50. The van der Waals surface area contributed by atoms with Crippen LogP contribution in [0.3, 0.4) is 0 Å². The molecule has 84 valence electrons. The Bertz CT molecular complexity index is 259. The van der Waals surface area contributed by atoms with Gasteiger partial charge in [0.2, 0.25) is 0 Å². The highest BCUT2D eigenvalue weighted by atomic mass is 15.1. The van der Waals surface area contributed by atoms with Crippen LogP contribution < -0.4 is 5.73 Å². The van der Waals surface area contributed by atoms with E-state index in [4.69, 9.17) is 5.73 Å². The largest absolute Gasteiger partial charge is 0.329 e. The van der Waals surface area contributed by atoms with Crippen LogP contribution in [-0.4, -0.2) is 29.5 Å². The zero-order chi connectivity index (χ0) is 11.1. The SMILES string of the molecule is CC(C)CN(CCN)Cc1ccncc1. The molecular formula is C12H21N3. The van der Waals surface area contributed by atoms with E-state index < -0.39 is 0 Å². The number of hydrogen-bond acceptors (Lipinski definition) is 3. The van der Waals surface area contributed by atoms with Crippen LogP contribution in [0.4, 0.5) is 0 Å². The van der Waals surface area contributed by atoms with Gasteiger partial charge in [-0.05, 0) is 23.6 Å². The van der Waals surface area contributed by atoms with E-state index in [1.165, 1.54) is 5.56 Å². The van der Waals surface area contributed by atoms with E-state index >= 15 is 0 Å². The van der Waals surface area contributed by atoms with Crippen molar-refractivity contribution in [3.8, 4) is 0 Å². The lowest BCUT2D eigenvalue weighted by atomic mass is 10.2. The summed E-state index contributed by atoms with van der Waals surface area (Å²) in [6.45, 7) is 8.21. The topological polar surface area (TPSA) is 42.1 Å². The lowest BCUT2D eigenvalue weighted by molar-refractivity contribution is 0.242. The highest BCUT2D eigenvalue weighted by Gasteiger charge is 2.06. The summed E-state index contributed by atoms with van der Waals surface area (Å²) in [5.41, 5.74) is 6.91. The van der Waals surface area contributed by atoms with Gasteiger partial charge in [-0.15, -0.1) is 0 Å². The fourth-order valence-electron chi connectivity index (χ4n) is 1.68. The highest BCUT2D eigenvalue weighted by Crippen LogP contribution is 2.05. The van der Waals surface area contributed by atoms with Crippen molar-refractivity contribution in [2.24, 2.45) is 11.7 Å². The second-order valence-electron chi connectivity index (χ2n) is 4.27. The van der Waals surface area contributed by atoms with Gasteiger partial charge in [-0.3, -0.25) is 9.88 Å². The lowest BCUT2D eigenvalue weighted by Crippen LogP contribution is -2.32. The van der Waals surface area contributed by atoms with Gasteiger partial charge in [-0.25, -0.2) is 0 Å². The molecule has 0 aliphatic rings. The van der Waals surface area contributed by atoms with E-state index in [1.54, 1.807) is 0 Å². The van der Waals surface area contributed by atoms with E-state index in [-0.39, 0.29) is 0 Å². The number of nitrogens with two attached hydrogens (primary N) is 1. The van der Waals surface area contributed by atoms with Gasteiger partial charge in [0, 0.05) is 38.6 Å². The van der Waals surface area contributed by atoms with Gasteiger partial charge in [0.05, 0.1) is 0 Å². The molecule has 0 bridgehead atoms. The van der Waals surface area contributed by atoms with E-state index in [1.807, 2.05) is 12.4 Å². The molecule has 0 aliphatic carbocycles. The first kappa shape index (κ1) is 12.1. The molecule has 0 radical (unpaired) electrons. The molecule has 0 saturated carbocycles. The predicted molar refractivity (Wildman–Crippen MR) is 63.4 cm³/mol. The average Bonchev–Trinajstić information content (AvgIpc) is 2.18. The number of nitrogens with zero attached hydrogens (tertiary/aromatic N) is 2. The third-order valence-corrected chi connectivity index (χ3v) is 2.22. The molecule has 0 atom stereocenters. The smallest absolute Gasteiger partial charge is 0.0271 e. The summed E-state index contributed by atoms with van der Waals surface area (Å²) < 4.78 is 0. The minimum Gasteiger partial charge on any atom is -0.329 e. The Morgan fingerprint density at radius 2 is 2.00 bits per heavy atom. The zero-order valence-corrected chi connectivity index (χ0v) is 9.69. The summed E-state index contributed by atoms with van der Waals surface area (Å²) in [5.74, 6) is 0.679. The molecule has 0 amide bonds. The van der Waals surface area contributed by atoms with Crippen LogP contribution >= 0.6 is 0 Å². The fraction of sp³-hybridized carbons (Fsp3) is 0.583. The minimum absolute atomic E-state index is 0.679. The molecule has 0 unspecified atom stereocenters. The van der Waals surface area contributed by atoms with Crippen LogP contribution in [0.15, 0.2) is 24.5 Å². The van der Waals surface area contributed by atoms with E-state index in [0.29, 0.717) is 5.92 Å². The molecule has 3 heteroatoms. The molecule has 1 heterocycles. The van der Waals surface area contributed by atoms with Gasteiger partial charge in [-0.1, -0.05) is 13.8 Å². The molecule has 3 nitrogen and oxygen atoms in total. The molecule has 1 rings (SSSR count). The van der Waals surface area contributed by atoms with Gasteiger partial charge >= 0.3 is 0 Å². The Kier molecular flexibility index (Phi) is 5.29. The predicted octanol–water partition coefficient (Wildman–Crippen LogP) is 1.50. The maximum absolute atomic E-state index is 5.60. The van der Waals surface area contributed by atoms with Crippen molar-refractivity contribution in [1.82, 2.24) is 9.88 Å². The Morgan fingerprint density at radius 1 is 1.33 bits per heavy atom. The van der Waals surface area contributed by atoms with Gasteiger partial charge in [0.1, 0.15) is 0 Å². The molecule has 0 saturated heterocycles. The van der Waals surface area contributed by atoms with Crippen molar-refractivity contribution >= 4 is 0 Å². The van der Waals surface area contributed by atoms with Crippen LogP contribution in [0.5, 0.6) is 0 Å². The summed E-state index contributed by atoms with van der Waals surface area (Å²) >= 11 is 0. The number of pyridine rings is 1. The molecule has 2 N–H and O–H groups in total. The van der Waals surface area contributed by atoms with Gasteiger partial charge in [0.15, 0.2) is 0 Å². The second kappa shape index (κ2) is 6.53. The van der Waals surface area contributed by atoms with Crippen LogP contribution in [0.2, 0.25) is 0 Å². The summed E-state index contributed by atoms with van der Waals surface area (Å²) in [6, 6.07) is 4.12. The molecule has 1 aromatic heterocycles. The van der Waals surface area contributed by atoms with E-state index in [9.17, 15) is 0 Å². The first-order valence-corrected chi connectivity index (χ1v) is 5.53. The van der Waals surface area contributed by atoms with Gasteiger partial charge in [-0.2, -0.15) is 0 Å². The molecule has 0 spiro atoms. The lowest BCUT2D eigenvalue weighted by Gasteiger charge is -2.23. The van der Waals surface area contributed by atoms with Gasteiger partial charge < -0.3 is 5.73 Å². The first-order valence-electron chi connectivity index (χ1n) is 5.53. The van der Waals surface area contributed by atoms with Crippen LogP contribution in [-0.2, 0) is 6.54 Å². The van der Waals surface area contributed by atoms with Crippen LogP contribution in [0.1, 0.15) is 19.4 Å². The zero-order valence-electron chi connectivity index (χ0n) is 9.69. The summed E-state index contributed by atoms with van der Waals surface area (Å²) in [4.78, 5) is 6.41. The van der Waals surface area contributed by atoms with Gasteiger partial charge in [0.25, 0.3) is 0 Å².